The molecule has 19 heavy (non-hydrogen) atoms. The number of carbonyl (C=O) groups is 1. The zero-order chi connectivity index (χ0) is 14.0. The molecule has 7 nitrogen and oxygen atoms in total. The smallest absolute Gasteiger partial charge is 0.322 e. The lowest BCUT2D eigenvalue weighted by atomic mass is 10.0. The molecule has 0 saturated carbocycles. The summed E-state index contributed by atoms with van der Waals surface area (Å²) in [6, 6.07) is 3.91. The van der Waals surface area contributed by atoms with Gasteiger partial charge in [0.25, 0.3) is 5.69 Å². The molecule has 0 fully saturated rings. The zero-order valence-electron chi connectivity index (χ0n) is 10.3. The fraction of sp³-hybridized carbons (Fsp3) is 0.250. The van der Waals surface area contributed by atoms with Crippen LogP contribution in [0, 0.1) is 10.1 Å². The van der Waals surface area contributed by atoms with Crippen molar-refractivity contribution in [2.45, 2.75) is 12.5 Å². The molecule has 0 spiro atoms. The molecule has 0 aliphatic rings. The number of nitrogens with zero attached hydrogens (tertiary/aromatic N) is 1. The number of H-pyrrole nitrogens is 1. The maximum absolute atomic E-state index is 11.3. The molecular weight excluding hydrogens is 250 g/mol. The van der Waals surface area contributed by atoms with Gasteiger partial charge in [0.2, 0.25) is 0 Å². The summed E-state index contributed by atoms with van der Waals surface area (Å²) in [6.45, 7) is 0. The molecule has 2 rings (SSSR count). The molecule has 0 aliphatic heterocycles. The highest BCUT2D eigenvalue weighted by molar-refractivity contribution is 5.92. The van der Waals surface area contributed by atoms with E-state index in [9.17, 15) is 14.9 Å². The number of benzene rings is 1. The van der Waals surface area contributed by atoms with Gasteiger partial charge in [-0.15, -0.1) is 0 Å². The predicted octanol–water partition coefficient (Wildman–Crippen LogP) is 1.12. The second-order valence-electron chi connectivity index (χ2n) is 4.10. The van der Waals surface area contributed by atoms with Gasteiger partial charge in [-0.05, 0) is 11.6 Å². The van der Waals surface area contributed by atoms with Crippen molar-refractivity contribution in [1.29, 1.82) is 0 Å². The van der Waals surface area contributed by atoms with Crippen LogP contribution < -0.4 is 5.73 Å². The van der Waals surface area contributed by atoms with E-state index in [-0.39, 0.29) is 12.1 Å². The number of hydrogen-bond acceptors (Lipinski definition) is 5. The second-order valence-corrected chi connectivity index (χ2v) is 4.10. The maximum Gasteiger partial charge on any atom is 0.322 e. The number of nitrogens with two attached hydrogens (primary N) is 1. The van der Waals surface area contributed by atoms with Crippen LogP contribution in [0.3, 0.4) is 0 Å². The van der Waals surface area contributed by atoms with E-state index in [4.69, 9.17) is 5.73 Å². The molecule has 0 bridgehead atoms. The SMILES string of the molecule is COC(=O)C(N)Cc1c[nH]c2cccc([N+](=O)[O-])c12. The number of rotatable bonds is 4. The van der Waals surface area contributed by atoms with Gasteiger partial charge in [0.1, 0.15) is 6.04 Å². The van der Waals surface area contributed by atoms with Crippen LogP contribution >= 0.6 is 0 Å². The molecule has 7 heteroatoms. The van der Waals surface area contributed by atoms with Gasteiger partial charge in [0.05, 0.1) is 22.9 Å². The Balaban J connectivity index is 2.44. The molecule has 0 amide bonds. The Morgan fingerprint density at radius 2 is 2.32 bits per heavy atom. The molecule has 1 atom stereocenters. The minimum absolute atomic E-state index is 0.00850. The Hall–Kier alpha value is -2.41. The van der Waals surface area contributed by atoms with Gasteiger partial charge in [-0.3, -0.25) is 14.9 Å². The van der Waals surface area contributed by atoms with E-state index in [1.165, 1.54) is 13.2 Å². The lowest BCUT2D eigenvalue weighted by Gasteiger charge is -2.08. The van der Waals surface area contributed by atoms with Crippen molar-refractivity contribution < 1.29 is 14.5 Å². The summed E-state index contributed by atoms with van der Waals surface area (Å²) in [5.41, 5.74) is 6.93. The normalized spacial score (nSPS) is 12.3. The highest BCUT2D eigenvalue weighted by atomic mass is 16.6. The summed E-state index contributed by atoms with van der Waals surface area (Å²) < 4.78 is 4.54. The number of ether oxygens (including phenoxy) is 1. The van der Waals surface area contributed by atoms with Crippen molar-refractivity contribution in [3.63, 3.8) is 0 Å². The molecule has 0 saturated heterocycles. The average Bonchev–Trinajstić information content (AvgIpc) is 2.80. The first-order chi connectivity index (χ1) is 9.04. The molecular formula is C12H13N3O4. The number of nitro benzene ring substituents is 1. The third-order valence-electron chi connectivity index (χ3n) is 2.91. The van der Waals surface area contributed by atoms with Gasteiger partial charge in [0, 0.05) is 18.7 Å². The Kier molecular flexibility index (Phi) is 3.48. The number of fused-ring (bicyclic) bond motifs is 1. The topological polar surface area (TPSA) is 111 Å². The fourth-order valence-corrected chi connectivity index (χ4v) is 2.02. The van der Waals surface area contributed by atoms with Gasteiger partial charge in [0.15, 0.2) is 0 Å². The third kappa shape index (κ3) is 2.41. The Labute approximate surface area is 108 Å². The number of aromatic amines is 1. The Morgan fingerprint density at radius 3 is 2.95 bits per heavy atom. The number of nitrogens with one attached hydrogen (secondary N) is 1. The zero-order valence-corrected chi connectivity index (χ0v) is 10.3. The van der Waals surface area contributed by atoms with E-state index in [0.29, 0.717) is 16.5 Å². The first-order valence-corrected chi connectivity index (χ1v) is 5.61. The van der Waals surface area contributed by atoms with Crippen LogP contribution in [0.4, 0.5) is 5.69 Å². The number of carbonyl (C=O) groups excluding carboxylic acids is 1. The van der Waals surface area contributed by atoms with Crippen molar-refractivity contribution in [3.8, 4) is 0 Å². The number of esters is 1. The van der Waals surface area contributed by atoms with Gasteiger partial charge in [-0.25, -0.2) is 0 Å². The number of methoxy groups -OCH3 is 1. The van der Waals surface area contributed by atoms with Crippen molar-refractivity contribution in [1.82, 2.24) is 4.98 Å². The van der Waals surface area contributed by atoms with E-state index in [0.717, 1.165) is 0 Å². The molecule has 1 aromatic heterocycles. The van der Waals surface area contributed by atoms with Gasteiger partial charge in [-0.1, -0.05) is 6.07 Å². The number of hydrogen-bond donors (Lipinski definition) is 2. The monoisotopic (exact) mass is 263 g/mol. The molecule has 0 radical (unpaired) electrons. The number of non-ortho nitro benzene ring substituents is 1. The van der Waals surface area contributed by atoms with Crippen molar-refractivity contribution in [2.75, 3.05) is 7.11 Å². The quantitative estimate of drug-likeness (QED) is 0.487. The van der Waals surface area contributed by atoms with Gasteiger partial charge < -0.3 is 15.5 Å². The first kappa shape index (κ1) is 13.0. The summed E-state index contributed by atoms with van der Waals surface area (Å²) >= 11 is 0. The van der Waals surface area contributed by atoms with Crippen LogP contribution in [0.15, 0.2) is 24.4 Å². The van der Waals surface area contributed by atoms with E-state index >= 15 is 0 Å². The first-order valence-electron chi connectivity index (χ1n) is 5.61. The van der Waals surface area contributed by atoms with Crippen LogP contribution in [-0.2, 0) is 16.0 Å². The molecule has 1 unspecified atom stereocenters. The van der Waals surface area contributed by atoms with Crippen molar-refractivity contribution in [3.05, 3.63) is 40.1 Å². The molecule has 0 aliphatic carbocycles. The fourth-order valence-electron chi connectivity index (χ4n) is 2.02. The molecule has 1 aromatic carbocycles. The standard InChI is InChI=1S/C12H13N3O4/c1-19-12(16)8(13)5-7-6-14-9-3-2-4-10(11(7)9)15(17)18/h2-4,6,8,14H,5,13H2,1H3. The van der Waals surface area contributed by atoms with Crippen LogP contribution in [0.25, 0.3) is 10.9 Å². The van der Waals surface area contributed by atoms with Crippen LogP contribution in [0.1, 0.15) is 5.56 Å². The number of aromatic nitrogens is 1. The highest BCUT2D eigenvalue weighted by Gasteiger charge is 2.21. The van der Waals surface area contributed by atoms with Gasteiger partial charge >= 0.3 is 5.97 Å². The van der Waals surface area contributed by atoms with Gasteiger partial charge in [-0.2, -0.15) is 0 Å². The van der Waals surface area contributed by atoms with Crippen molar-refractivity contribution >= 4 is 22.6 Å². The van der Waals surface area contributed by atoms with E-state index in [1.54, 1.807) is 18.3 Å². The molecule has 1 heterocycles. The third-order valence-corrected chi connectivity index (χ3v) is 2.91. The summed E-state index contributed by atoms with van der Waals surface area (Å²) in [4.78, 5) is 24.8. The van der Waals surface area contributed by atoms with E-state index < -0.39 is 16.9 Å². The highest BCUT2D eigenvalue weighted by Crippen LogP contribution is 2.29. The maximum atomic E-state index is 11.3. The van der Waals surface area contributed by atoms with Crippen LogP contribution in [-0.4, -0.2) is 29.0 Å². The van der Waals surface area contributed by atoms with Crippen LogP contribution in [0.2, 0.25) is 0 Å². The lowest BCUT2D eigenvalue weighted by Crippen LogP contribution is -2.33. The predicted molar refractivity (Wildman–Crippen MR) is 68.6 cm³/mol. The van der Waals surface area contributed by atoms with E-state index in [1.807, 2.05) is 0 Å². The molecule has 2 aromatic rings. The molecule has 100 valence electrons. The minimum Gasteiger partial charge on any atom is -0.468 e. The Morgan fingerprint density at radius 1 is 1.58 bits per heavy atom. The summed E-state index contributed by atoms with van der Waals surface area (Å²) in [5.74, 6) is -0.548. The second kappa shape index (κ2) is 5.07. The summed E-state index contributed by atoms with van der Waals surface area (Å²) in [6.07, 6.45) is 1.80. The minimum atomic E-state index is -0.844. The van der Waals surface area contributed by atoms with Crippen LogP contribution in [0.5, 0.6) is 0 Å². The largest absolute Gasteiger partial charge is 0.468 e. The Bertz CT molecular complexity index is 635. The summed E-state index contributed by atoms with van der Waals surface area (Å²) in [7, 11) is 1.25. The van der Waals surface area contributed by atoms with Crippen molar-refractivity contribution in [2.24, 2.45) is 5.73 Å². The molecule has 3 N–H and O–H groups in total. The summed E-state index contributed by atoms with van der Waals surface area (Å²) in [5, 5.41) is 11.5. The lowest BCUT2D eigenvalue weighted by molar-refractivity contribution is -0.383. The number of nitro groups is 1. The average molecular weight is 263 g/mol. The van der Waals surface area contributed by atoms with E-state index in [2.05, 4.69) is 9.72 Å².